The molecule has 0 fully saturated rings. The standard InChI is InChI=1S/C13H9Cl2NO4/c1-7-4-9(2-3-12(7)17)20-13-10(14)5-8(16(18)19)6-11(13)15/h2-6,17H,1H3/i1D. The Hall–Kier alpha value is -1.98. The second kappa shape index (κ2) is 5.56. The largest absolute Gasteiger partial charge is 0.508 e. The number of phenolic OH excluding ortho intramolecular Hbond substituents is 1. The van der Waals surface area contributed by atoms with Crippen molar-refractivity contribution in [1.29, 1.82) is 0 Å². The van der Waals surface area contributed by atoms with Gasteiger partial charge < -0.3 is 9.84 Å². The lowest BCUT2D eigenvalue weighted by atomic mass is 10.2. The number of ether oxygens (including phenoxy) is 1. The molecule has 7 heteroatoms. The summed E-state index contributed by atoms with van der Waals surface area (Å²) in [5, 5.41) is 20.2. The average molecular weight is 315 g/mol. The fourth-order valence-corrected chi connectivity index (χ4v) is 2.05. The van der Waals surface area contributed by atoms with Gasteiger partial charge in [-0.15, -0.1) is 0 Å². The van der Waals surface area contributed by atoms with Crippen LogP contribution in [0.3, 0.4) is 0 Å². The van der Waals surface area contributed by atoms with E-state index in [4.69, 9.17) is 29.3 Å². The van der Waals surface area contributed by atoms with Gasteiger partial charge in [0.1, 0.15) is 11.5 Å². The van der Waals surface area contributed by atoms with E-state index in [1.807, 2.05) is 0 Å². The van der Waals surface area contributed by atoms with Gasteiger partial charge in [-0.25, -0.2) is 0 Å². The molecule has 0 heterocycles. The molecule has 2 aromatic rings. The van der Waals surface area contributed by atoms with Crippen LogP contribution in [0.25, 0.3) is 0 Å². The van der Waals surface area contributed by atoms with E-state index in [-0.39, 0.29) is 34.1 Å². The summed E-state index contributed by atoms with van der Waals surface area (Å²) in [7, 11) is 0. The van der Waals surface area contributed by atoms with Gasteiger partial charge in [0.15, 0.2) is 5.75 Å². The predicted molar refractivity (Wildman–Crippen MR) is 76.0 cm³/mol. The quantitative estimate of drug-likeness (QED) is 0.657. The molecular formula is C13H9Cl2NO4. The van der Waals surface area contributed by atoms with Gasteiger partial charge in [0, 0.05) is 13.5 Å². The number of nitrogens with zero attached hydrogens (tertiary/aromatic N) is 1. The number of halogens is 2. The van der Waals surface area contributed by atoms with Crippen molar-refractivity contribution in [2.75, 3.05) is 0 Å². The molecule has 0 saturated heterocycles. The maximum atomic E-state index is 10.7. The van der Waals surface area contributed by atoms with Crippen LogP contribution in [0.2, 0.25) is 10.0 Å². The summed E-state index contributed by atoms with van der Waals surface area (Å²) in [5.74, 6) is 0.372. The fraction of sp³-hybridized carbons (Fsp3) is 0.0769. The van der Waals surface area contributed by atoms with Crippen LogP contribution in [0, 0.1) is 17.0 Å². The molecule has 104 valence electrons. The number of aryl methyl sites for hydroxylation is 1. The van der Waals surface area contributed by atoms with Gasteiger partial charge in [0.2, 0.25) is 0 Å². The van der Waals surface area contributed by atoms with Crippen molar-refractivity contribution in [1.82, 2.24) is 0 Å². The lowest BCUT2D eigenvalue weighted by molar-refractivity contribution is -0.384. The van der Waals surface area contributed by atoms with E-state index in [2.05, 4.69) is 0 Å². The lowest BCUT2D eigenvalue weighted by Crippen LogP contribution is -1.92. The number of nitro groups is 1. The summed E-state index contributed by atoms with van der Waals surface area (Å²) >= 11 is 11.9. The molecule has 0 spiro atoms. The minimum atomic E-state index is -0.611. The monoisotopic (exact) mass is 314 g/mol. The van der Waals surface area contributed by atoms with Crippen LogP contribution in [-0.4, -0.2) is 10.0 Å². The molecule has 0 bridgehead atoms. The number of rotatable bonds is 3. The minimum absolute atomic E-state index is 0.00491. The lowest BCUT2D eigenvalue weighted by Gasteiger charge is -2.10. The van der Waals surface area contributed by atoms with E-state index in [1.165, 1.54) is 18.2 Å². The third kappa shape index (κ3) is 2.95. The zero-order valence-electron chi connectivity index (χ0n) is 11.0. The van der Waals surface area contributed by atoms with Crippen molar-refractivity contribution in [3.05, 3.63) is 56.1 Å². The van der Waals surface area contributed by atoms with Crippen molar-refractivity contribution in [2.24, 2.45) is 0 Å². The zero-order chi connectivity index (χ0) is 15.6. The first-order chi connectivity index (χ1) is 9.92. The highest BCUT2D eigenvalue weighted by Crippen LogP contribution is 2.39. The van der Waals surface area contributed by atoms with E-state index in [0.717, 1.165) is 12.1 Å². The molecule has 0 unspecified atom stereocenters. The van der Waals surface area contributed by atoms with Gasteiger partial charge in [-0.05, 0) is 30.7 Å². The maximum Gasteiger partial charge on any atom is 0.272 e. The molecule has 0 radical (unpaired) electrons. The van der Waals surface area contributed by atoms with Crippen molar-refractivity contribution in [3.63, 3.8) is 0 Å². The molecule has 0 saturated carbocycles. The Morgan fingerprint density at radius 2 is 1.95 bits per heavy atom. The third-order valence-corrected chi connectivity index (χ3v) is 3.03. The Labute approximate surface area is 125 Å². The van der Waals surface area contributed by atoms with Crippen LogP contribution in [-0.2, 0) is 0 Å². The average Bonchev–Trinajstić information content (AvgIpc) is 2.44. The normalized spacial score (nSPS) is 11.0. The highest BCUT2D eigenvalue weighted by Gasteiger charge is 2.16. The summed E-state index contributed by atoms with van der Waals surface area (Å²) in [5.41, 5.74) is 0.136. The van der Waals surface area contributed by atoms with Crippen molar-refractivity contribution >= 4 is 28.9 Å². The van der Waals surface area contributed by atoms with E-state index >= 15 is 0 Å². The highest BCUT2D eigenvalue weighted by molar-refractivity contribution is 6.37. The number of hydrogen-bond donors (Lipinski definition) is 1. The van der Waals surface area contributed by atoms with E-state index < -0.39 is 4.92 Å². The van der Waals surface area contributed by atoms with Crippen molar-refractivity contribution in [2.45, 2.75) is 6.90 Å². The van der Waals surface area contributed by atoms with Crippen LogP contribution in [0.4, 0.5) is 5.69 Å². The highest BCUT2D eigenvalue weighted by atomic mass is 35.5. The molecule has 2 rings (SSSR count). The fourth-order valence-electron chi connectivity index (χ4n) is 1.49. The van der Waals surface area contributed by atoms with Gasteiger partial charge in [-0.2, -0.15) is 0 Å². The van der Waals surface area contributed by atoms with Crippen LogP contribution in [0.15, 0.2) is 30.3 Å². The molecule has 0 aromatic heterocycles. The number of phenols is 1. The summed E-state index contributed by atoms with van der Waals surface area (Å²) < 4.78 is 12.8. The van der Waals surface area contributed by atoms with Crippen molar-refractivity contribution in [3.8, 4) is 17.2 Å². The van der Waals surface area contributed by atoms with Gasteiger partial charge in [0.25, 0.3) is 5.69 Å². The molecule has 0 aliphatic heterocycles. The minimum Gasteiger partial charge on any atom is -0.508 e. The van der Waals surface area contributed by atoms with Gasteiger partial charge in [-0.1, -0.05) is 23.2 Å². The summed E-state index contributed by atoms with van der Waals surface area (Å²) in [6, 6.07) is 6.59. The Balaban J connectivity index is 2.38. The predicted octanol–water partition coefficient (Wildman–Crippen LogP) is 4.71. The first-order valence-electron chi connectivity index (χ1n) is 6.05. The number of aromatic hydroxyl groups is 1. The summed E-state index contributed by atoms with van der Waals surface area (Å²) in [6.07, 6.45) is 0. The van der Waals surface area contributed by atoms with Gasteiger partial charge in [-0.3, -0.25) is 10.1 Å². The number of hydrogen-bond acceptors (Lipinski definition) is 4. The molecule has 5 nitrogen and oxygen atoms in total. The van der Waals surface area contributed by atoms with Crippen LogP contribution in [0.1, 0.15) is 6.93 Å². The summed E-state index contributed by atoms with van der Waals surface area (Å²) in [4.78, 5) is 10.1. The molecule has 1 N–H and O–H groups in total. The second-order valence-corrected chi connectivity index (χ2v) is 4.70. The second-order valence-electron chi connectivity index (χ2n) is 3.89. The molecule has 0 atom stereocenters. The first-order valence-corrected chi connectivity index (χ1v) is 6.10. The Kier molecular flexibility index (Phi) is 3.62. The molecule has 0 aliphatic carbocycles. The van der Waals surface area contributed by atoms with Crippen LogP contribution in [0.5, 0.6) is 17.2 Å². The third-order valence-electron chi connectivity index (χ3n) is 2.46. The Morgan fingerprint density at radius 1 is 1.30 bits per heavy atom. The van der Waals surface area contributed by atoms with E-state index in [9.17, 15) is 15.2 Å². The maximum absolute atomic E-state index is 10.7. The van der Waals surface area contributed by atoms with Crippen molar-refractivity contribution < 1.29 is 16.1 Å². The van der Waals surface area contributed by atoms with E-state index in [0.29, 0.717) is 11.3 Å². The number of non-ortho nitro benzene ring substituents is 1. The Bertz CT molecular complexity index is 686. The zero-order valence-corrected chi connectivity index (χ0v) is 11.5. The molecule has 0 amide bonds. The van der Waals surface area contributed by atoms with Gasteiger partial charge >= 0.3 is 0 Å². The van der Waals surface area contributed by atoms with Gasteiger partial charge in [0.05, 0.1) is 15.0 Å². The Morgan fingerprint density at radius 3 is 2.50 bits per heavy atom. The topological polar surface area (TPSA) is 72.6 Å². The van der Waals surface area contributed by atoms with Crippen LogP contribution >= 0.6 is 23.2 Å². The smallest absolute Gasteiger partial charge is 0.272 e. The SMILES string of the molecule is [2H]Cc1cc(Oc2c(Cl)cc([N+](=O)[O-])cc2Cl)ccc1O. The molecule has 0 aliphatic rings. The first kappa shape index (κ1) is 13.0. The molecule has 20 heavy (non-hydrogen) atoms. The van der Waals surface area contributed by atoms with E-state index in [1.54, 1.807) is 0 Å². The van der Waals surface area contributed by atoms with Crippen LogP contribution < -0.4 is 4.74 Å². The number of benzene rings is 2. The molecular weight excluding hydrogens is 305 g/mol. The molecule has 2 aromatic carbocycles. The summed E-state index contributed by atoms with van der Waals surface area (Å²) in [6.45, 7) is -0.120. The number of nitro benzene ring substituents is 1.